The van der Waals surface area contributed by atoms with Crippen molar-refractivity contribution in [2.24, 2.45) is 0 Å². The lowest BCUT2D eigenvalue weighted by molar-refractivity contribution is -0.0405. The number of hydrogen-bond acceptors (Lipinski definition) is 3. The van der Waals surface area contributed by atoms with Crippen molar-refractivity contribution in [2.45, 2.75) is 75.9 Å². The normalized spacial score (nSPS) is 24.2. The Balaban J connectivity index is 1.33. The van der Waals surface area contributed by atoms with E-state index >= 15 is 0 Å². The fraction of sp³-hybridized carbons (Fsp3) is 0.545. The van der Waals surface area contributed by atoms with Crippen LogP contribution in [0.15, 0.2) is 36.7 Å². The molecular formula is C22H27F2N3O. The van der Waals surface area contributed by atoms with Gasteiger partial charge in [-0.05, 0) is 43.4 Å². The number of hydrogen-bond donors (Lipinski definition) is 1. The maximum atomic E-state index is 13.3. The number of carbonyl (C=O) groups excluding carboxylic acids is 1. The van der Waals surface area contributed by atoms with Crippen molar-refractivity contribution in [2.75, 3.05) is 0 Å². The summed E-state index contributed by atoms with van der Waals surface area (Å²) in [4.78, 5) is 12.6. The summed E-state index contributed by atoms with van der Waals surface area (Å²) in [5, 5.41) is 7.77. The zero-order valence-corrected chi connectivity index (χ0v) is 16.2. The van der Waals surface area contributed by atoms with Crippen LogP contribution in [0.1, 0.15) is 66.4 Å². The molecule has 0 spiro atoms. The van der Waals surface area contributed by atoms with Crippen LogP contribution in [0.25, 0.3) is 0 Å². The van der Waals surface area contributed by atoms with Gasteiger partial charge in [-0.25, -0.2) is 8.78 Å². The Morgan fingerprint density at radius 1 is 1.32 bits per heavy atom. The molecule has 28 heavy (non-hydrogen) atoms. The second-order valence-corrected chi connectivity index (χ2v) is 8.18. The lowest BCUT2D eigenvalue weighted by atomic mass is 9.92. The van der Waals surface area contributed by atoms with Crippen LogP contribution < -0.4 is 5.32 Å². The summed E-state index contributed by atoms with van der Waals surface area (Å²) < 4.78 is 28.4. The average molecular weight is 387 g/mol. The van der Waals surface area contributed by atoms with Crippen LogP contribution >= 0.6 is 0 Å². The molecule has 2 saturated carbocycles. The summed E-state index contributed by atoms with van der Waals surface area (Å²) in [6.45, 7) is 2.80. The number of alkyl halides is 2. The summed E-state index contributed by atoms with van der Waals surface area (Å²) in [5.41, 5.74) is 2.82. The van der Waals surface area contributed by atoms with E-state index in [9.17, 15) is 13.6 Å². The molecule has 6 heteroatoms. The molecule has 0 amide bonds. The van der Waals surface area contributed by atoms with Gasteiger partial charge in [0, 0.05) is 55.6 Å². The third-order valence-corrected chi connectivity index (χ3v) is 5.97. The highest BCUT2D eigenvalue weighted by atomic mass is 19.3. The highest BCUT2D eigenvalue weighted by molar-refractivity contribution is 5.97. The molecule has 4 rings (SSSR count). The molecule has 2 unspecified atom stereocenters. The van der Waals surface area contributed by atoms with Crippen molar-refractivity contribution >= 4 is 5.78 Å². The molecule has 0 aliphatic heterocycles. The highest BCUT2D eigenvalue weighted by Crippen LogP contribution is 2.43. The first-order valence-electron chi connectivity index (χ1n) is 10.2. The number of nitrogens with one attached hydrogen (secondary N) is 1. The molecule has 0 bridgehead atoms. The van der Waals surface area contributed by atoms with Crippen molar-refractivity contribution in [3.63, 3.8) is 0 Å². The SMILES string of the molecule is CCn1cc(CC(=O)c2cccc(C3CC3NC3CCC(F)(F)CC3)c2)cn1. The van der Waals surface area contributed by atoms with E-state index in [1.165, 1.54) is 0 Å². The maximum absolute atomic E-state index is 13.3. The van der Waals surface area contributed by atoms with Gasteiger partial charge in [0.1, 0.15) is 0 Å². The van der Waals surface area contributed by atoms with Crippen LogP contribution in [0.3, 0.4) is 0 Å². The van der Waals surface area contributed by atoms with Crippen molar-refractivity contribution < 1.29 is 13.6 Å². The second-order valence-electron chi connectivity index (χ2n) is 8.18. The number of benzene rings is 1. The third-order valence-electron chi connectivity index (χ3n) is 5.97. The van der Waals surface area contributed by atoms with E-state index in [1.807, 2.05) is 36.0 Å². The average Bonchev–Trinajstić information content (AvgIpc) is 3.31. The van der Waals surface area contributed by atoms with Crippen molar-refractivity contribution in [3.8, 4) is 0 Å². The molecule has 2 aliphatic rings. The largest absolute Gasteiger partial charge is 0.311 e. The van der Waals surface area contributed by atoms with Gasteiger partial charge >= 0.3 is 0 Å². The van der Waals surface area contributed by atoms with Gasteiger partial charge in [0.15, 0.2) is 5.78 Å². The highest BCUT2D eigenvalue weighted by Gasteiger charge is 2.42. The standard InChI is InChI=1S/C22H27F2N3O/c1-2-27-14-15(13-25-27)10-21(28)17-5-3-4-16(11-17)19-12-20(19)26-18-6-8-22(23,24)9-7-18/h3-5,11,13-14,18-20,26H,2,6-10,12H2,1H3. The maximum Gasteiger partial charge on any atom is 0.248 e. The first-order chi connectivity index (χ1) is 13.4. The van der Waals surface area contributed by atoms with Gasteiger partial charge < -0.3 is 5.32 Å². The summed E-state index contributed by atoms with van der Waals surface area (Å²) >= 11 is 0. The molecule has 2 aromatic rings. The molecular weight excluding hydrogens is 360 g/mol. The van der Waals surface area contributed by atoms with Crippen LogP contribution in [-0.4, -0.2) is 33.6 Å². The Morgan fingerprint density at radius 2 is 2.11 bits per heavy atom. The molecule has 150 valence electrons. The van der Waals surface area contributed by atoms with Gasteiger partial charge in [-0.15, -0.1) is 0 Å². The van der Waals surface area contributed by atoms with Gasteiger partial charge in [0.05, 0.1) is 6.20 Å². The minimum Gasteiger partial charge on any atom is -0.311 e. The minimum atomic E-state index is -2.48. The summed E-state index contributed by atoms with van der Waals surface area (Å²) in [5.74, 6) is -2.01. The van der Waals surface area contributed by atoms with Crippen LogP contribution in [0.5, 0.6) is 0 Å². The first-order valence-corrected chi connectivity index (χ1v) is 10.2. The van der Waals surface area contributed by atoms with E-state index in [0.29, 0.717) is 31.2 Å². The van der Waals surface area contributed by atoms with Gasteiger partial charge in [0.2, 0.25) is 5.92 Å². The van der Waals surface area contributed by atoms with Crippen molar-refractivity contribution in [1.29, 1.82) is 0 Å². The fourth-order valence-electron chi connectivity index (χ4n) is 4.16. The minimum absolute atomic E-state index is 0.0132. The summed E-state index contributed by atoms with van der Waals surface area (Å²) in [7, 11) is 0. The Bertz CT molecular complexity index is 838. The molecule has 1 N–H and O–H groups in total. The molecule has 4 nitrogen and oxygen atoms in total. The smallest absolute Gasteiger partial charge is 0.248 e. The van der Waals surface area contributed by atoms with Gasteiger partial charge in [-0.1, -0.05) is 18.2 Å². The van der Waals surface area contributed by atoms with Gasteiger partial charge in [0.25, 0.3) is 0 Å². The Labute approximate surface area is 164 Å². The predicted octanol–water partition coefficient (Wildman–Crippen LogP) is 4.35. The fourth-order valence-corrected chi connectivity index (χ4v) is 4.16. The van der Waals surface area contributed by atoms with E-state index in [0.717, 1.165) is 29.7 Å². The van der Waals surface area contributed by atoms with Gasteiger partial charge in [-0.3, -0.25) is 9.48 Å². The Kier molecular flexibility index (Phi) is 5.32. The van der Waals surface area contributed by atoms with Crippen molar-refractivity contribution in [3.05, 3.63) is 53.3 Å². The van der Waals surface area contributed by atoms with E-state index < -0.39 is 5.92 Å². The van der Waals surface area contributed by atoms with Gasteiger partial charge in [-0.2, -0.15) is 5.10 Å². The zero-order valence-electron chi connectivity index (χ0n) is 16.2. The molecule has 2 fully saturated rings. The molecule has 2 aliphatic carbocycles. The number of nitrogens with zero attached hydrogens (tertiary/aromatic N) is 2. The van der Waals surface area contributed by atoms with E-state index in [-0.39, 0.29) is 24.7 Å². The number of halogens is 2. The number of aryl methyl sites for hydroxylation is 1. The zero-order chi connectivity index (χ0) is 19.7. The number of aromatic nitrogens is 2. The third kappa shape index (κ3) is 4.49. The summed E-state index contributed by atoms with van der Waals surface area (Å²) in [6, 6.07) is 8.39. The van der Waals surface area contributed by atoms with Crippen LogP contribution in [0.2, 0.25) is 0 Å². The monoisotopic (exact) mass is 387 g/mol. The lowest BCUT2D eigenvalue weighted by Crippen LogP contribution is -2.38. The lowest BCUT2D eigenvalue weighted by Gasteiger charge is -2.29. The number of carbonyl (C=O) groups is 1. The summed E-state index contributed by atoms with van der Waals surface area (Å²) in [6.07, 6.45) is 6.08. The number of Topliss-reactive ketones (excluding diaryl/α,β-unsaturated/α-hetero) is 1. The predicted molar refractivity (Wildman–Crippen MR) is 104 cm³/mol. The Morgan fingerprint density at radius 3 is 2.82 bits per heavy atom. The van der Waals surface area contributed by atoms with E-state index in [1.54, 1.807) is 6.20 Å². The molecule has 1 aromatic heterocycles. The van der Waals surface area contributed by atoms with E-state index in [4.69, 9.17) is 0 Å². The van der Waals surface area contributed by atoms with E-state index in [2.05, 4.69) is 16.5 Å². The molecule has 0 saturated heterocycles. The second kappa shape index (κ2) is 7.74. The van der Waals surface area contributed by atoms with Crippen LogP contribution in [0, 0.1) is 0 Å². The molecule has 2 atom stereocenters. The molecule has 1 heterocycles. The van der Waals surface area contributed by atoms with Crippen LogP contribution in [-0.2, 0) is 13.0 Å². The number of rotatable bonds is 7. The first kappa shape index (κ1) is 19.2. The van der Waals surface area contributed by atoms with Crippen LogP contribution in [0.4, 0.5) is 8.78 Å². The number of ketones is 1. The Hall–Kier alpha value is -2.08. The quantitative estimate of drug-likeness (QED) is 0.719. The molecule has 0 radical (unpaired) electrons. The molecule has 1 aromatic carbocycles. The topological polar surface area (TPSA) is 46.9 Å². The van der Waals surface area contributed by atoms with Crippen molar-refractivity contribution in [1.82, 2.24) is 15.1 Å².